The molecule has 0 saturated heterocycles. The summed E-state index contributed by atoms with van der Waals surface area (Å²) < 4.78 is 25.3. The van der Waals surface area contributed by atoms with Crippen LogP contribution >= 0.6 is 11.6 Å². The van der Waals surface area contributed by atoms with Crippen LogP contribution in [0.15, 0.2) is 29.3 Å². The first-order valence-corrected chi connectivity index (χ1v) is 10.1. The molecular formula is C16H27ClN4O2S. The fraction of sp³-hybridized carbons (Fsp3) is 0.562. The van der Waals surface area contributed by atoms with Crippen LogP contribution in [0.2, 0.25) is 5.02 Å². The van der Waals surface area contributed by atoms with E-state index in [1.54, 1.807) is 6.92 Å². The van der Waals surface area contributed by atoms with Gasteiger partial charge in [-0.15, -0.1) is 0 Å². The fourth-order valence-electron chi connectivity index (χ4n) is 2.00. The molecule has 0 aliphatic rings. The molecule has 136 valence electrons. The van der Waals surface area contributed by atoms with Crippen LogP contribution < -0.4 is 10.0 Å². The van der Waals surface area contributed by atoms with E-state index in [4.69, 9.17) is 11.6 Å². The third-order valence-electron chi connectivity index (χ3n) is 3.33. The van der Waals surface area contributed by atoms with Crippen LogP contribution in [0.4, 0.5) is 0 Å². The number of aliphatic imine (C=N–C) groups is 1. The summed E-state index contributed by atoms with van der Waals surface area (Å²) in [5, 5.41) is 3.96. The molecule has 0 heterocycles. The lowest BCUT2D eigenvalue weighted by Crippen LogP contribution is -2.38. The quantitative estimate of drug-likeness (QED) is 0.394. The van der Waals surface area contributed by atoms with Crippen LogP contribution in [0, 0.1) is 0 Å². The third kappa shape index (κ3) is 7.99. The molecule has 1 aromatic rings. The van der Waals surface area contributed by atoms with Gasteiger partial charge < -0.3 is 10.2 Å². The van der Waals surface area contributed by atoms with E-state index in [9.17, 15) is 8.42 Å². The SMILES string of the molecule is CCNC(=NCCCNS(=O)(=O)CC)N(C)Cc1ccc(Cl)cc1. The van der Waals surface area contributed by atoms with E-state index in [1.165, 1.54) is 0 Å². The van der Waals surface area contributed by atoms with Gasteiger partial charge in [0.1, 0.15) is 0 Å². The van der Waals surface area contributed by atoms with Gasteiger partial charge in [0.15, 0.2) is 5.96 Å². The Morgan fingerprint density at radius 2 is 1.92 bits per heavy atom. The Kier molecular flexibility index (Phi) is 9.10. The van der Waals surface area contributed by atoms with Gasteiger partial charge in [0.05, 0.1) is 5.75 Å². The molecule has 0 aliphatic heterocycles. The van der Waals surface area contributed by atoms with Gasteiger partial charge in [-0.3, -0.25) is 4.99 Å². The number of guanidine groups is 1. The maximum atomic E-state index is 11.4. The second kappa shape index (κ2) is 10.5. The van der Waals surface area contributed by atoms with Crippen molar-refractivity contribution in [2.24, 2.45) is 4.99 Å². The Hall–Kier alpha value is -1.31. The highest BCUT2D eigenvalue weighted by Crippen LogP contribution is 2.11. The number of hydrogen-bond donors (Lipinski definition) is 2. The van der Waals surface area contributed by atoms with Crippen molar-refractivity contribution in [2.45, 2.75) is 26.8 Å². The van der Waals surface area contributed by atoms with Crippen LogP contribution in [0.25, 0.3) is 0 Å². The van der Waals surface area contributed by atoms with Gasteiger partial charge in [-0.05, 0) is 38.0 Å². The first kappa shape index (κ1) is 20.7. The van der Waals surface area contributed by atoms with E-state index in [2.05, 4.69) is 15.0 Å². The normalized spacial score (nSPS) is 12.2. The predicted molar refractivity (Wildman–Crippen MR) is 101 cm³/mol. The van der Waals surface area contributed by atoms with E-state index >= 15 is 0 Å². The molecule has 0 spiro atoms. The summed E-state index contributed by atoms with van der Waals surface area (Å²) >= 11 is 5.90. The number of nitrogens with one attached hydrogen (secondary N) is 2. The van der Waals surface area contributed by atoms with Gasteiger partial charge in [-0.2, -0.15) is 0 Å². The highest BCUT2D eigenvalue weighted by Gasteiger charge is 2.07. The van der Waals surface area contributed by atoms with Crippen LogP contribution in [-0.4, -0.2) is 51.7 Å². The first-order valence-electron chi connectivity index (χ1n) is 8.09. The van der Waals surface area contributed by atoms with Gasteiger partial charge in [-0.25, -0.2) is 13.1 Å². The van der Waals surface area contributed by atoms with Crippen molar-refractivity contribution < 1.29 is 8.42 Å². The molecule has 0 radical (unpaired) electrons. The molecule has 2 N–H and O–H groups in total. The number of halogens is 1. The largest absolute Gasteiger partial charge is 0.357 e. The third-order valence-corrected chi connectivity index (χ3v) is 4.98. The molecule has 6 nitrogen and oxygen atoms in total. The molecular weight excluding hydrogens is 348 g/mol. The Morgan fingerprint density at radius 1 is 1.25 bits per heavy atom. The zero-order valence-corrected chi connectivity index (χ0v) is 16.1. The molecule has 0 amide bonds. The van der Waals surface area contributed by atoms with E-state index < -0.39 is 10.0 Å². The summed E-state index contributed by atoms with van der Waals surface area (Å²) in [6.07, 6.45) is 0.656. The van der Waals surface area contributed by atoms with Crippen molar-refractivity contribution in [1.82, 2.24) is 14.9 Å². The molecule has 0 aliphatic carbocycles. The van der Waals surface area contributed by atoms with Gasteiger partial charge in [0.25, 0.3) is 0 Å². The minimum absolute atomic E-state index is 0.0999. The topological polar surface area (TPSA) is 73.8 Å². The van der Waals surface area contributed by atoms with Crippen molar-refractivity contribution in [3.8, 4) is 0 Å². The molecule has 8 heteroatoms. The minimum Gasteiger partial charge on any atom is -0.357 e. The minimum atomic E-state index is -3.13. The second-order valence-corrected chi connectivity index (χ2v) is 7.90. The fourth-order valence-corrected chi connectivity index (χ4v) is 2.79. The lowest BCUT2D eigenvalue weighted by molar-refractivity contribution is 0.476. The zero-order chi connectivity index (χ0) is 18.0. The summed E-state index contributed by atoms with van der Waals surface area (Å²) in [5.74, 6) is 0.897. The molecule has 1 rings (SSSR count). The average Bonchev–Trinajstić information content (AvgIpc) is 2.55. The van der Waals surface area contributed by atoms with Gasteiger partial charge in [0.2, 0.25) is 10.0 Å². The van der Waals surface area contributed by atoms with Crippen LogP contribution in [0.1, 0.15) is 25.8 Å². The molecule has 0 aromatic heterocycles. The van der Waals surface area contributed by atoms with Crippen molar-refractivity contribution in [3.05, 3.63) is 34.9 Å². The smallest absolute Gasteiger partial charge is 0.211 e. The van der Waals surface area contributed by atoms with E-state index in [1.807, 2.05) is 43.1 Å². The highest BCUT2D eigenvalue weighted by atomic mass is 35.5. The number of nitrogens with zero attached hydrogens (tertiary/aromatic N) is 2. The molecule has 24 heavy (non-hydrogen) atoms. The molecule has 0 atom stereocenters. The lowest BCUT2D eigenvalue weighted by atomic mass is 10.2. The van der Waals surface area contributed by atoms with E-state index in [0.717, 1.165) is 23.1 Å². The maximum absolute atomic E-state index is 11.4. The summed E-state index contributed by atoms with van der Waals surface area (Å²) in [6.45, 7) is 6.08. The lowest BCUT2D eigenvalue weighted by Gasteiger charge is -2.22. The van der Waals surface area contributed by atoms with Crippen molar-refractivity contribution >= 4 is 27.6 Å². The van der Waals surface area contributed by atoms with E-state index in [-0.39, 0.29) is 5.75 Å². The Morgan fingerprint density at radius 3 is 2.50 bits per heavy atom. The first-order chi connectivity index (χ1) is 11.4. The van der Waals surface area contributed by atoms with Crippen LogP contribution in [-0.2, 0) is 16.6 Å². The number of sulfonamides is 1. The van der Waals surface area contributed by atoms with Crippen molar-refractivity contribution in [2.75, 3.05) is 32.4 Å². The van der Waals surface area contributed by atoms with Crippen LogP contribution in [0.3, 0.4) is 0 Å². The van der Waals surface area contributed by atoms with Gasteiger partial charge in [-0.1, -0.05) is 23.7 Å². The summed E-state index contributed by atoms with van der Waals surface area (Å²) in [7, 11) is -1.16. The molecule has 0 saturated carbocycles. The average molecular weight is 375 g/mol. The van der Waals surface area contributed by atoms with Gasteiger partial charge in [0, 0.05) is 38.2 Å². The Balaban J connectivity index is 2.53. The molecule has 0 bridgehead atoms. The van der Waals surface area contributed by atoms with Crippen molar-refractivity contribution in [1.29, 1.82) is 0 Å². The summed E-state index contributed by atoms with van der Waals surface area (Å²) in [4.78, 5) is 6.57. The van der Waals surface area contributed by atoms with Crippen LogP contribution in [0.5, 0.6) is 0 Å². The predicted octanol–water partition coefficient (Wildman–Crippen LogP) is 2.07. The molecule has 0 unspecified atom stereocenters. The Bertz CT molecular complexity index is 617. The maximum Gasteiger partial charge on any atom is 0.211 e. The number of hydrogen-bond acceptors (Lipinski definition) is 3. The zero-order valence-electron chi connectivity index (χ0n) is 14.5. The monoisotopic (exact) mass is 374 g/mol. The standard InChI is InChI=1S/C16H27ClN4O2S/c1-4-18-16(19-11-6-12-20-24(22,23)5-2)21(3)13-14-7-9-15(17)10-8-14/h7-10,20H,4-6,11-13H2,1-3H3,(H,18,19). The Labute approximate surface area is 150 Å². The molecule has 1 aromatic carbocycles. The number of benzene rings is 1. The molecule has 0 fully saturated rings. The highest BCUT2D eigenvalue weighted by molar-refractivity contribution is 7.89. The number of rotatable bonds is 9. The summed E-state index contributed by atoms with van der Waals surface area (Å²) in [5.41, 5.74) is 1.14. The summed E-state index contributed by atoms with van der Waals surface area (Å²) in [6, 6.07) is 7.72. The second-order valence-electron chi connectivity index (χ2n) is 5.37. The van der Waals surface area contributed by atoms with Crippen molar-refractivity contribution in [3.63, 3.8) is 0 Å². The van der Waals surface area contributed by atoms with Gasteiger partial charge >= 0.3 is 0 Å². The van der Waals surface area contributed by atoms with E-state index in [0.29, 0.717) is 26.1 Å².